The van der Waals surface area contributed by atoms with E-state index in [4.69, 9.17) is 17.0 Å². The van der Waals surface area contributed by atoms with Crippen molar-refractivity contribution in [2.75, 3.05) is 0 Å². The summed E-state index contributed by atoms with van der Waals surface area (Å²) < 4.78 is 2.08. The average molecular weight is 383 g/mol. The molecule has 0 radical (unpaired) electrons. The molecule has 0 atom stereocenters. The Morgan fingerprint density at radius 2 is 2.08 bits per heavy atom. The van der Waals surface area contributed by atoms with Gasteiger partial charge in [-0.1, -0.05) is 29.4 Å². The predicted octanol–water partition coefficient (Wildman–Crippen LogP) is 4.52. The summed E-state index contributed by atoms with van der Waals surface area (Å²) in [6, 6.07) is 9.62. The van der Waals surface area contributed by atoms with Gasteiger partial charge in [0, 0.05) is 28.3 Å². The standard InChI is InChI=1S/C19H15ClN4OS/c1-11-8-13(12(2)24(11)15-5-3-4-14(20)10-15)9-16-17(21)23-6-7-26-19(23)22-18(16)25/h3-10,21H,1-2H3/b16-9-,21-17?. The zero-order valence-corrected chi connectivity index (χ0v) is 15.7. The molecule has 0 saturated heterocycles. The summed E-state index contributed by atoms with van der Waals surface area (Å²) >= 11 is 7.47. The lowest BCUT2D eigenvalue weighted by molar-refractivity contribution is -0.114. The number of carbonyl (C=O) groups excluding carboxylic acids is 1. The molecule has 0 unspecified atom stereocenters. The van der Waals surface area contributed by atoms with Gasteiger partial charge in [-0.25, -0.2) is 0 Å². The van der Waals surface area contributed by atoms with Gasteiger partial charge in [-0.15, -0.1) is 0 Å². The van der Waals surface area contributed by atoms with Gasteiger partial charge in [0.15, 0.2) is 5.17 Å². The van der Waals surface area contributed by atoms with Crippen LogP contribution in [-0.2, 0) is 4.79 Å². The quantitative estimate of drug-likeness (QED) is 0.776. The molecule has 1 N–H and O–H groups in total. The molecular formula is C19H15ClN4OS. The van der Waals surface area contributed by atoms with Crippen molar-refractivity contribution in [3.63, 3.8) is 0 Å². The Labute approximate surface area is 160 Å². The number of benzene rings is 1. The zero-order valence-electron chi connectivity index (χ0n) is 14.2. The van der Waals surface area contributed by atoms with Gasteiger partial charge in [0.1, 0.15) is 5.84 Å². The number of amidine groups is 2. The summed E-state index contributed by atoms with van der Waals surface area (Å²) in [5, 5.41) is 11.4. The number of nitrogens with one attached hydrogen (secondary N) is 1. The molecule has 0 bridgehead atoms. The van der Waals surface area contributed by atoms with Crippen molar-refractivity contribution in [2.45, 2.75) is 13.8 Å². The molecule has 1 amide bonds. The van der Waals surface area contributed by atoms with E-state index in [1.165, 1.54) is 11.8 Å². The molecule has 0 fully saturated rings. The minimum Gasteiger partial charge on any atom is -0.318 e. The second-order valence-electron chi connectivity index (χ2n) is 6.02. The van der Waals surface area contributed by atoms with Gasteiger partial charge >= 0.3 is 0 Å². The molecule has 5 nitrogen and oxygen atoms in total. The number of carbonyl (C=O) groups is 1. The van der Waals surface area contributed by atoms with Crippen LogP contribution in [0.3, 0.4) is 0 Å². The van der Waals surface area contributed by atoms with Gasteiger partial charge in [0.25, 0.3) is 5.91 Å². The third-order valence-electron chi connectivity index (χ3n) is 4.35. The first-order valence-electron chi connectivity index (χ1n) is 7.97. The summed E-state index contributed by atoms with van der Waals surface area (Å²) in [7, 11) is 0. The number of amides is 1. The number of hydrogen-bond donors (Lipinski definition) is 1. The van der Waals surface area contributed by atoms with Crippen LogP contribution in [0.15, 0.2) is 52.5 Å². The number of thioether (sulfide) groups is 1. The first-order valence-corrected chi connectivity index (χ1v) is 9.22. The summed E-state index contributed by atoms with van der Waals surface area (Å²) in [5.41, 5.74) is 4.12. The highest BCUT2D eigenvalue weighted by Crippen LogP contribution is 2.29. The molecule has 4 rings (SSSR count). The molecule has 0 aliphatic carbocycles. The highest BCUT2D eigenvalue weighted by atomic mass is 35.5. The number of nitrogens with zero attached hydrogens (tertiary/aromatic N) is 3. The van der Waals surface area contributed by atoms with Crippen molar-refractivity contribution in [1.29, 1.82) is 5.41 Å². The maximum Gasteiger partial charge on any atom is 0.283 e. The summed E-state index contributed by atoms with van der Waals surface area (Å²) in [6.07, 6.45) is 3.49. The number of aliphatic imine (C=N–C) groups is 1. The van der Waals surface area contributed by atoms with E-state index < -0.39 is 0 Å². The SMILES string of the molecule is Cc1cc(/C=C2/C(=N)N3C=CSC3=NC2=O)c(C)n1-c1cccc(Cl)c1. The normalized spacial score (nSPS) is 17.9. The second-order valence-corrected chi connectivity index (χ2v) is 7.33. The minimum absolute atomic E-state index is 0.147. The molecule has 2 aromatic rings. The largest absolute Gasteiger partial charge is 0.318 e. The van der Waals surface area contributed by atoms with E-state index in [0.29, 0.717) is 10.2 Å². The summed E-state index contributed by atoms with van der Waals surface area (Å²) in [6.45, 7) is 3.98. The van der Waals surface area contributed by atoms with Crippen LogP contribution in [0.25, 0.3) is 11.8 Å². The van der Waals surface area contributed by atoms with Crippen molar-refractivity contribution in [3.05, 3.63) is 69.5 Å². The van der Waals surface area contributed by atoms with Gasteiger partial charge in [-0.05, 0) is 55.2 Å². The van der Waals surface area contributed by atoms with E-state index in [-0.39, 0.29) is 17.3 Å². The zero-order chi connectivity index (χ0) is 18.4. The molecule has 3 heterocycles. The van der Waals surface area contributed by atoms with E-state index in [9.17, 15) is 4.79 Å². The Morgan fingerprint density at radius 1 is 1.27 bits per heavy atom. The van der Waals surface area contributed by atoms with Gasteiger partial charge < -0.3 is 4.57 Å². The van der Waals surface area contributed by atoms with Gasteiger partial charge in [0.2, 0.25) is 0 Å². The minimum atomic E-state index is -0.384. The molecule has 130 valence electrons. The van der Waals surface area contributed by atoms with Crippen LogP contribution < -0.4 is 0 Å². The van der Waals surface area contributed by atoms with Crippen molar-refractivity contribution in [3.8, 4) is 5.69 Å². The molecular weight excluding hydrogens is 368 g/mol. The Bertz CT molecular complexity index is 1050. The predicted molar refractivity (Wildman–Crippen MR) is 107 cm³/mol. The van der Waals surface area contributed by atoms with Crippen LogP contribution in [0.5, 0.6) is 0 Å². The lowest BCUT2D eigenvalue weighted by Crippen LogP contribution is -2.35. The highest BCUT2D eigenvalue weighted by Gasteiger charge is 2.31. The number of aryl methyl sites for hydroxylation is 1. The average Bonchev–Trinajstić information content (AvgIpc) is 3.16. The first-order chi connectivity index (χ1) is 12.5. The van der Waals surface area contributed by atoms with Crippen molar-refractivity contribution in [1.82, 2.24) is 9.47 Å². The van der Waals surface area contributed by atoms with Crippen LogP contribution in [0.2, 0.25) is 5.02 Å². The number of aromatic nitrogens is 1. The van der Waals surface area contributed by atoms with Crippen molar-refractivity contribution >= 4 is 46.3 Å². The lowest BCUT2D eigenvalue weighted by Gasteiger charge is -2.22. The van der Waals surface area contributed by atoms with Gasteiger partial charge in [-0.2, -0.15) is 4.99 Å². The molecule has 7 heteroatoms. The fourth-order valence-electron chi connectivity index (χ4n) is 3.13. The summed E-state index contributed by atoms with van der Waals surface area (Å²) in [4.78, 5) is 18.1. The lowest BCUT2D eigenvalue weighted by atomic mass is 10.1. The van der Waals surface area contributed by atoms with Crippen LogP contribution in [-0.4, -0.2) is 26.4 Å². The molecule has 1 aromatic carbocycles. The van der Waals surface area contributed by atoms with Gasteiger partial charge in [-0.3, -0.25) is 15.1 Å². The van der Waals surface area contributed by atoms with E-state index in [2.05, 4.69) is 9.56 Å². The molecule has 1 aromatic heterocycles. The van der Waals surface area contributed by atoms with Gasteiger partial charge in [0.05, 0.1) is 5.57 Å². The number of rotatable bonds is 2. The Balaban J connectivity index is 1.79. The molecule has 26 heavy (non-hydrogen) atoms. The van der Waals surface area contributed by atoms with E-state index in [1.807, 2.05) is 49.6 Å². The Hall–Kier alpha value is -2.57. The van der Waals surface area contributed by atoms with Crippen LogP contribution in [0.1, 0.15) is 17.0 Å². The monoisotopic (exact) mass is 382 g/mol. The van der Waals surface area contributed by atoms with E-state index in [0.717, 1.165) is 22.6 Å². The first kappa shape index (κ1) is 16.9. The fraction of sp³-hybridized carbons (Fsp3) is 0.105. The number of hydrogen-bond acceptors (Lipinski definition) is 3. The molecule has 2 aliphatic heterocycles. The summed E-state index contributed by atoms with van der Waals surface area (Å²) in [5.74, 6) is -0.237. The maximum atomic E-state index is 12.4. The number of halogens is 1. The Morgan fingerprint density at radius 3 is 2.85 bits per heavy atom. The van der Waals surface area contributed by atoms with Crippen LogP contribution in [0, 0.1) is 19.3 Å². The topological polar surface area (TPSA) is 61.5 Å². The molecule has 2 aliphatic rings. The van der Waals surface area contributed by atoms with Crippen molar-refractivity contribution in [2.24, 2.45) is 4.99 Å². The second kappa shape index (κ2) is 6.30. The maximum absolute atomic E-state index is 12.4. The molecule has 0 saturated carbocycles. The Kier molecular flexibility index (Phi) is 4.09. The smallest absolute Gasteiger partial charge is 0.283 e. The third kappa shape index (κ3) is 2.71. The fourth-order valence-corrected chi connectivity index (χ4v) is 4.02. The van der Waals surface area contributed by atoms with Crippen LogP contribution >= 0.6 is 23.4 Å². The number of fused-ring (bicyclic) bond motifs is 1. The van der Waals surface area contributed by atoms with Crippen LogP contribution in [0.4, 0.5) is 0 Å². The third-order valence-corrected chi connectivity index (χ3v) is 5.34. The van der Waals surface area contributed by atoms with E-state index in [1.54, 1.807) is 17.2 Å². The molecule has 0 spiro atoms. The highest BCUT2D eigenvalue weighted by molar-refractivity contribution is 8.16. The van der Waals surface area contributed by atoms with Crippen molar-refractivity contribution < 1.29 is 4.79 Å². The van der Waals surface area contributed by atoms with E-state index >= 15 is 0 Å².